The number of carbonyl (C=O) groups is 1. The molecule has 0 spiro atoms. The first-order valence-corrected chi connectivity index (χ1v) is 13.6. The van der Waals surface area contributed by atoms with E-state index in [1.165, 1.54) is 9.25 Å². The number of rotatable bonds is 18. The van der Waals surface area contributed by atoms with Crippen molar-refractivity contribution in [2.75, 3.05) is 13.2 Å². The van der Waals surface area contributed by atoms with Crippen molar-refractivity contribution in [3.05, 3.63) is 50.7 Å². The number of benzene rings is 1. The van der Waals surface area contributed by atoms with E-state index in [4.69, 9.17) is 14.2 Å². The first-order valence-electron chi connectivity index (χ1n) is 13.6. The molecule has 1 unspecified atom stereocenters. The summed E-state index contributed by atoms with van der Waals surface area (Å²) < 4.78 is 19.1. The van der Waals surface area contributed by atoms with Gasteiger partial charge >= 0.3 is 17.2 Å². The third-order valence-electron chi connectivity index (χ3n) is 6.01. The topological polar surface area (TPSA) is 102 Å². The van der Waals surface area contributed by atoms with Crippen molar-refractivity contribution in [1.29, 1.82) is 0 Å². The molecule has 0 saturated heterocycles. The molecular formula is C28H43N3O6. The fraction of sp³-hybridized carbons (Fsp3) is 0.643. The molecule has 0 saturated carbocycles. The first-order chi connectivity index (χ1) is 17.8. The Bertz CT molecular complexity index is 1080. The maximum absolute atomic E-state index is 12.7. The van der Waals surface area contributed by atoms with Gasteiger partial charge in [-0.25, -0.2) is 9.48 Å². The summed E-state index contributed by atoms with van der Waals surface area (Å²) in [5.41, 5.74) is 0.308. The lowest BCUT2D eigenvalue weighted by Crippen LogP contribution is -2.41. The van der Waals surface area contributed by atoms with Gasteiger partial charge in [-0.1, -0.05) is 51.7 Å². The van der Waals surface area contributed by atoms with E-state index in [0.29, 0.717) is 19.6 Å². The van der Waals surface area contributed by atoms with E-state index in [0.717, 1.165) is 69.1 Å². The van der Waals surface area contributed by atoms with Gasteiger partial charge in [-0.3, -0.25) is 14.2 Å². The van der Waals surface area contributed by atoms with Crippen molar-refractivity contribution in [3.8, 4) is 11.6 Å². The fourth-order valence-corrected chi connectivity index (χ4v) is 3.89. The lowest BCUT2D eigenvalue weighted by atomic mass is 10.1. The first kappa shape index (κ1) is 30.1. The van der Waals surface area contributed by atoms with Crippen LogP contribution >= 0.6 is 0 Å². The van der Waals surface area contributed by atoms with E-state index in [1.807, 2.05) is 25.1 Å². The second-order valence-corrected chi connectivity index (χ2v) is 9.35. The zero-order chi connectivity index (χ0) is 27.0. The minimum Gasteiger partial charge on any atom is -0.487 e. The molecule has 1 aromatic carbocycles. The van der Waals surface area contributed by atoms with Crippen molar-refractivity contribution in [2.24, 2.45) is 7.05 Å². The standard InChI is InChI=1S/C28H43N3O6/c1-5-7-8-9-12-18-31-27(33)26(29-30(4)28(31)34)35-19-13-10-11-15-23-16-14-17-24(20-23)37-22(3)21-36-25(32)6-2/h14,16-17,20,22H,5-13,15,18-19,21H2,1-4H3. The molecule has 0 aliphatic carbocycles. The Morgan fingerprint density at radius 1 is 1.03 bits per heavy atom. The highest BCUT2D eigenvalue weighted by Crippen LogP contribution is 2.17. The molecule has 0 fully saturated rings. The molecule has 2 aromatic rings. The molecule has 37 heavy (non-hydrogen) atoms. The number of hydrogen-bond acceptors (Lipinski definition) is 7. The van der Waals surface area contributed by atoms with Crippen LogP contribution in [0.2, 0.25) is 0 Å². The minimum atomic E-state index is -0.450. The van der Waals surface area contributed by atoms with Gasteiger partial charge in [0.2, 0.25) is 0 Å². The third-order valence-corrected chi connectivity index (χ3v) is 6.01. The van der Waals surface area contributed by atoms with Crippen LogP contribution in [0.5, 0.6) is 11.6 Å². The SMILES string of the molecule is CCCCCCCn1c(=O)c(OCCCCCc2cccc(OC(C)COC(=O)CC)c2)nn(C)c1=O. The summed E-state index contributed by atoms with van der Waals surface area (Å²) in [5.74, 6) is 0.506. The lowest BCUT2D eigenvalue weighted by molar-refractivity contribution is -0.145. The van der Waals surface area contributed by atoms with Crippen molar-refractivity contribution < 1.29 is 19.0 Å². The van der Waals surface area contributed by atoms with E-state index >= 15 is 0 Å². The van der Waals surface area contributed by atoms with Crippen LogP contribution in [0.1, 0.15) is 84.1 Å². The highest BCUT2D eigenvalue weighted by molar-refractivity contribution is 5.68. The van der Waals surface area contributed by atoms with Crippen LogP contribution in [-0.2, 0) is 29.5 Å². The molecular weight excluding hydrogens is 474 g/mol. The number of esters is 1. The summed E-state index contributed by atoms with van der Waals surface area (Å²) >= 11 is 0. The molecule has 2 rings (SSSR count). The van der Waals surface area contributed by atoms with Crippen molar-refractivity contribution in [1.82, 2.24) is 14.3 Å². The van der Waals surface area contributed by atoms with Crippen LogP contribution in [0.4, 0.5) is 0 Å². The summed E-state index contributed by atoms with van der Waals surface area (Å²) in [4.78, 5) is 36.3. The Morgan fingerprint density at radius 3 is 2.54 bits per heavy atom. The van der Waals surface area contributed by atoms with Gasteiger partial charge in [0.1, 0.15) is 18.5 Å². The van der Waals surface area contributed by atoms with Gasteiger partial charge in [0.15, 0.2) is 0 Å². The van der Waals surface area contributed by atoms with Gasteiger partial charge in [-0.2, -0.15) is 0 Å². The predicted molar refractivity (Wildman–Crippen MR) is 143 cm³/mol. The Labute approximate surface area is 219 Å². The van der Waals surface area contributed by atoms with Crippen LogP contribution in [0.15, 0.2) is 33.9 Å². The second-order valence-electron chi connectivity index (χ2n) is 9.35. The van der Waals surface area contributed by atoms with E-state index in [-0.39, 0.29) is 24.6 Å². The summed E-state index contributed by atoms with van der Waals surface area (Å²) in [7, 11) is 1.54. The smallest absolute Gasteiger partial charge is 0.347 e. The van der Waals surface area contributed by atoms with Gasteiger partial charge in [-0.15, -0.1) is 5.10 Å². The number of unbranched alkanes of at least 4 members (excludes halogenated alkanes) is 6. The van der Waals surface area contributed by atoms with Crippen LogP contribution in [-0.4, -0.2) is 39.6 Å². The molecule has 0 radical (unpaired) electrons. The van der Waals surface area contributed by atoms with Crippen LogP contribution < -0.4 is 20.7 Å². The van der Waals surface area contributed by atoms with Crippen molar-refractivity contribution in [2.45, 2.75) is 97.6 Å². The number of carbonyl (C=O) groups excluding carboxylic acids is 1. The number of nitrogens with zero attached hydrogens (tertiary/aromatic N) is 3. The molecule has 206 valence electrons. The number of hydrogen-bond donors (Lipinski definition) is 0. The van der Waals surface area contributed by atoms with Gasteiger partial charge in [0.25, 0.3) is 5.88 Å². The molecule has 9 heteroatoms. The number of ether oxygens (including phenoxy) is 3. The molecule has 0 amide bonds. The minimum absolute atomic E-state index is 0.0146. The average molecular weight is 518 g/mol. The van der Waals surface area contributed by atoms with Crippen LogP contribution in [0, 0.1) is 0 Å². The van der Waals surface area contributed by atoms with Crippen molar-refractivity contribution >= 4 is 5.97 Å². The zero-order valence-electron chi connectivity index (χ0n) is 22.9. The van der Waals surface area contributed by atoms with Crippen LogP contribution in [0.3, 0.4) is 0 Å². The Balaban J connectivity index is 1.75. The summed E-state index contributed by atoms with van der Waals surface area (Å²) in [5, 5.41) is 4.02. The van der Waals surface area contributed by atoms with Crippen molar-refractivity contribution in [3.63, 3.8) is 0 Å². The van der Waals surface area contributed by atoms with Gasteiger partial charge in [-0.05, 0) is 56.7 Å². The number of aryl methyl sites for hydroxylation is 2. The highest BCUT2D eigenvalue weighted by Gasteiger charge is 2.13. The molecule has 1 aromatic heterocycles. The average Bonchev–Trinajstić information content (AvgIpc) is 2.89. The van der Waals surface area contributed by atoms with Crippen LogP contribution in [0.25, 0.3) is 0 Å². The number of aromatic nitrogens is 3. The van der Waals surface area contributed by atoms with Gasteiger partial charge in [0, 0.05) is 20.0 Å². The Morgan fingerprint density at radius 2 is 1.78 bits per heavy atom. The zero-order valence-corrected chi connectivity index (χ0v) is 22.9. The molecule has 9 nitrogen and oxygen atoms in total. The predicted octanol–water partition coefficient (Wildman–Crippen LogP) is 4.42. The Hall–Kier alpha value is -3.10. The molecule has 0 bridgehead atoms. The Kier molecular flexibility index (Phi) is 13.5. The van der Waals surface area contributed by atoms with E-state index in [2.05, 4.69) is 18.1 Å². The highest BCUT2D eigenvalue weighted by atomic mass is 16.6. The van der Waals surface area contributed by atoms with Gasteiger partial charge in [0.05, 0.1) is 6.61 Å². The van der Waals surface area contributed by atoms with E-state index < -0.39 is 11.2 Å². The van der Waals surface area contributed by atoms with E-state index in [9.17, 15) is 14.4 Å². The maximum atomic E-state index is 12.7. The summed E-state index contributed by atoms with van der Waals surface area (Å²) in [6.07, 6.45) is 8.86. The second kappa shape index (κ2) is 16.6. The van der Waals surface area contributed by atoms with Gasteiger partial charge < -0.3 is 14.2 Å². The molecule has 0 aliphatic heterocycles. The van der Waals surface area contributed by atoms with E-state index in [1.54, 1.807) is 14.0 Å². The fourth-order valence-electron chi connectivity index (χ4n) is 3.89. The molecule has 1 heterocycles. The largest absolute Gasteiger partial charge is 0.487 e. The molecule has 0 aliphatic rings. The normalized spacial score (nSPS) is 11.8. The molecule has 0 N–H and O–H groups in total. The lowest BCUT2D eigenvalue weighted by Gasteiger charge is -2.15. The quantitative estimate of drug-likeness (QED) is 0.213. The maximum Gasteiger partial charge on any atom is 0.347 e. The third kappa shape index (κ3) is 10.8. The molecule has 1 atom stereocenters. The monoisotopic (exact) mass is 517 g/mol. The summed E-state index contributed by atoms with van der Waals surface area (Å²) in [6, 6.07) is 7.92. The summed E-state index contributed by atoms with van der Waals surface area (Å²) in [6.45, 7) is 6.77.